The van der Waals surface area contributed by atoms with E-state index >= 15 is 0 Å². The summed E-state index contributed by atoms with van der Waals surface area (Å²) in [6.07, 6.45) is 0.841. The number of hydrogen-bond donors (Lipinski definition) is 2. The van der Waals surface area contributed by atoms with Gasteiger partial charge in [0, 0.05) is 26.2 Å². The second-order valence-corrected chi connectivity index (χ2v) is 5.12. The lowest BCUT2D eigenvalue weighted by atomic mass is 9.93. The molecule has 2 aliphatic heterocycles. The third-order valence-electron chi connectivity index (χ3n) is 4.05. The van der Waals surface area contributed by atoms with E-state index in [1.807, 2.05) is 0 Å². The number of likely N-dealkylation sites (tertiary alicyclic amines) is 1. The van der Waals surface area contributed by atoms with E-state index in [0.29, 0.717) is 12.6 Å². The summed E-state index contributed by atoms with van der Waals surface area (Å²) in [5.41, 5.74) is 0. The van der Waals surface area contributed by atoms with E-state index in [9.17, 15) is 5.11 Å². The summed E-state index contributed by atoms with van der Waals surface area (Å²) in [5.74, 6) is 1.58. The number of fused-ring (bicyclic) bond motifs is 1. The predicted molar refractivity (Wildman–Crippen MR) is 63.4 cm³/mol. The molecule has 0 bridgehead atoms. The molecule has 0 amide bonds. The molecule has 2 aliphatic rings. The molecule has 2 fully saturated rings. The highest BCUT2D eigenvalue weighted by molar-refractivity contribution is 4.98. The Morgan fingerprint density at radius 2 is 2.31 bits per heavy atom. The number of rotatable bonds is 5. The van der Waals surface area contributed by atoms with Crippen molar-refractivity contribution in [1.29, 1.82) is 0 Å². The van der Waals surface area contributed by atoms with Crippen LogP contribution in [-0.4, -0.2) is 62.0 Å². The molecule has 2 heterocycles. The first kappa shape index (κ1) is 12.3. The van der Waals surface area contributed by atoms with Crippen LogP contribution >= 0.6 is 0 Å². The Morgan fingerprint density at radius 1 is 1.50 bits per heavy atom. The maximum Gasteiger partial charge on any atom is 0.0900 e. The highest BCUT2D eigenvalue weighted by Gasteiger charge is 2.43. The van der Waals surface area contributed by atoms with Gasteiger partial charge >= 0.3 is 0 Å². The van der Waals surface area contributed by atoms with Gasteiger partial charge in [-0.2, -0.15) is 0 Å². The molecule has 0 spiro atoms. The molecular formula is C12H24N2O2. The first-order valence-corrected chi connectivity index (χ1v) is 6.38. The zero-order valence-corrected chi connectivity index (χ0v) is 10.4. The van der Waals surface area contributed by atoms with Gasteiger partial charge in [-0.25, -0.2) is 0 Å². The Morgan fingerprint density at radius 3 is 3.00 bits per heavy atom. The summed E-state index contributed by atoms with van der Waals surface area (Å²) in [6.45, 7) is 6.90. The Hall–Kier alpha value is -0.160. The van der Waals surface area contributed by atoms with Gasteiger partial charge in [0.1, 0.15) is 0 Å². The van der Waals surface area contributed by atoms with Crippen molar-refractivity contribution in [2.45, 2.75) is 25.5 Å². The van der Waals surface area contributed by atoms with Gasteiger partial charge < -0.3 is 15.2 Å². The molecule has 0 aliphatic carbocycles. The highest BCUT2D eigenvalue weighted by Crippen LogP contribution is 2.34. The van der Waals surface area contributed by atoms with Gasteiger partial charge in [-0.3, -0.25) is 4.90 Å². The van der Waals surface area contributed by atoms with Crippen molar-refractivity contribution in [3.63, 3.8) is 0 Å². The number of hydrogen-bond acceptors (Lipinski definition) is 4. The molecule has 4 atom stereocenters. The Kier molecular flexibility index (Phi) is 4.19. The first-order valence-electron chi connectivity index (χ1n) is 6.38. The summed E-state index contributed by atoms with van der Waals surface area (Å²) < 4.78 is 4.99. The molecule has 4 unspecified atom stereocenters. The van der Waals surface area contributed by atoms with Gasteiger partial charge in [0.25, 0.3) is 0 Å². The number of nitrogens with one attached hydrogen (secondary N) is 1. The normalized spacial score (nSPS) is 36.6. The molecule has 0 saturated carbocycles. The van der Waals surface area contributed by atoms with Crippen LogP contribution in [0.3, 0.4) is 0 Å². The zero-order chi connectivity index (χ0) is 11.5. The van der Waals surface area contributed by atoms with E-state index in [4.69, 9.17) is 4.74 Å². The molecule has 94 valence electrons. The Bertz CT molecular complexity index is 225. The molecule has 0 aromatic rings. The van der Waals surface area contributed by atoms with Crippen molar-refractivity contribution in [2.75, 3.05) is 39.9 Å². The van der Waals surface area contributed by atoms with Crippen LogP contribution in [-0.2, 0) is 4.74 Å². The quantitative estimate of drug-likeness (QED) is 0.691. The minimum Gasteiger partial charge on any atom is -0.389 e. The van der Waals surface area contributed by atoms with Crippen molar-refractivity contribution < 1.29 is 9.84 Å². The Balaban J connectivity index is 1.90. The van der Waals surface area contributed by atoms with Crippen LogP contribution in [0.4, 0.5) is 0 Å². The summed E-state index contributed by atoms with van der Waals surface area (Å²) in [4.78, 5) is 2.46. The van der Waals surface area contributed by atoms with E-state index in [1.54, 1.807) is 7.11 Å². The Labute approximate surface area is 98.0 Å². The number of β-amino-alcohol motifs (C(OH)–C–C–N with tert-alkyl or cyclic N) is 1. The number of ether oxygens (including phenoxy) is 1. The van der Waals surface area contributed by atoms with Crippen LogP contribution in [0.25, 0.3) is 0 Å². The molecule has 4 heteroatoms. The summed E-state index contributed by atoms with van der Waals surface area (Å²) in [7, 11) is 1.64. The van der Waals surface area contributed by atoms with Crippen molar-refractivity contribution in [3.8, 4) is 0 Å². The maximum absolute atomic E-state index is 9.80. The molecule has 2 N–H and O–H groups in total. The minimum absolute atomic E-state index is 0.342. The van der Waals surface area contributed by atoms with E-state index in [1.165, 1.54) is 6.42 Å². The molecule has 0 radical (unpaired) electrons. The molecule has 0 aromatic heterocycles. The van der Waals surface area contributed by atoms with Gasteiger partial charge in [-0.15, -0.1) is 0 Å². The van der Waals surface area contributed by atoms with Gasteiger partial charge in [0.2, 0.25) is 0 Å². The topological polar surface area (TPSA) is 44.7 Å². The average molecular weight is 228 g/mol. The van der Waals surface area contributed by atoms with Crippen molar-refractivity contribution in [1.82, 2.24) is 10.2 Å². The van der Waals surface area contributed by atoms with E-state index in [0.717, 1.165) is 38.0 Å². The fourth-order valence-corrected chi connectivity index (χ4v) is 3.40. The average Bonchev–Trinajstić information content (AvgIpc) is 2.77. The molecule has 0 aromatic carbocycles. The second-order valence-electron chi connectivity index (χ2n) is 5.12. The summed E-state index contributed by atoms with van der Waals surface area (Å²) in [6, 6.07) is 0.645. The van der Waals surface area contributed by atoms with Crippen LogP contribution in [0.15, 0.2) is 0 Å². The first-order chi connectivity index (χ1) is 7.76. The van der Waals surface area contributed by atoms with Gasteiger partial charge in [-0.05, 0) is 31.3 Å². The van der Waals surface area contributed by atoms with Crippen LogP contribution in [0, 0.1) is 11.8 Å². The monoisotopic (exact) mass is 228 g/mol. The van der Waals surface area contributed by atoms with Gasteiger partial charge in [0.05, 0.1) is 12.7 Å². The van der Waals surface area contributed by atoms with Crippen LogP contribution in [0.5, 0.6) is 0 Å². The van der Waals surface area contributed by atoms with Gasteiger partial charge in [-0.1, -0.05) is 6.92 Å². The van der Waals surface area contributed by atoms with E-state index in [-0.39, 0.29) is 6.10 Å². The lowest BCUT2D eigenvalue weighted by molar-refractivity contribution is 0.0315. The molecule has 2 saturated heterocycles. The molecule has 2 rings (SSSR count). The molecule has 16 heavy (non-hydrogen) atoms. The maximum atomic E-state index is 9.80. The zero-order valence-electron chi connectivity index (χ0n) is 10.4. The minimum atomic E-state index is -0.342. The van der Waals surface area contributed by atoms with Crippen LogP contribution in [0.1, 0.15) is 13.3 Å². The third kappa shape index (κ3) is 2.40. The van der Waals surface area contributed by atoms with E-state index < -0.39 is 0 Å². The van der Waals surface area contributed by atoms with Crippen LogP contribution in [0.2, 0.25) is 0 Å². The van der Waals surface area contributed by atoms with Crippen molar-refractivity contribution in [2.24, 2.45) is 11.8 Å². The van der Waals surface area contributed by atoms with Crippen molar-refractivity contribution >= 4 is 0 Å². The predicted octanol–water partition coefficient (Wildman–Crippen LogP) is -0.0765. The number of nitrogens with zero attached hydrogens (tertiary/aromatic N) is 1. The lowest BCUT2D eigenvalue weighted by Gasteiger charge is -2.28. The number of methoxy groups -OCH3 is 1. The SMILES string of the molecule is CCC1C2CNCC2CN1CC(O)COC. The van der Waals surface area contributed by atoms with Gasteiger partial charge in [0.15, 0.2) is 0 Å². The number of aliphatic hydroxyl groups is 1. The highest BCUT2D eigenvalue weighted by atomic mass is 16.5. The second kappa shape index (κ2) is 5.45. The standard InChI is InChI=1S/C12H24N2O2/c1-3-12-11-5-13-4-9(11)6-14(12)7-10(15)8-16-2/h9-13,15H,3-8H2,1-2H3. The van der Waals surface area contributed by atoms with Crippen molar-refractivity contribution in [3.05, 3.63) is 0 Å². The lowest BCUT2D eigenvalue weighted by Crippen LogP contribution is -2.41. The largest absolute Gasteiger partial charge is 0.389 e. The number of aliphatic hydroxyl groups excluding tert-OH is 1. The smallest absolute Gasteiger partial charge is 0.0900 e. The fraction of sp³-hybridized carbons (Fsp3) is 1.00. The van der Waals surface area contributed by atoms with Crippen LogP contribution < -0.4 is 5.32 Å². The summed E-state index contributed by atoms with van der Waals surface area (Å²) in [5, 5.41) is 13.3. The summed E-state index contributed by atoms with van der Waals surface area (Å²) >= 11 is 0. The fourth-order valence-electron chi connectivity index (χ4n) is 3.40. The molecular weight excluding hydrogens is 204 g/mol. The molecule has 4 nitrogen and oxygen atoms in total. The van der Waals surface area contributed by atoms with E-state index in [2.05, 4.69) is 17.1 Å². The third-order valence-corrected chi connectivity index (χ3v) is 4.05.